The molecule has 1 saturated heterocycles. The van der Waals surface area contributed by atoms with E-state index in [-0.39, 0.29) is 6.61 Å². The molecule has 0 spiro atoms. The fourth-order valence-corrected chi connectivity index (χ4v) is 3.35. The van der Waals surface area contributed by atoms with E-state index in [0.29, 0.717) is 28.5 Å². The number of esters is 1. The Bertz CT molecular complexity index is 903. The van der Waals surface area contributed by atoms with E-state index in [9.17, 15) is 9.59 Å². The number of amides is 1. The average Bonchev–Trinajstić information content (AvgIpc) is 3.28. The number of halogens is 1. The SMILES string of the molecule is CCC1Oc2cc(Cl)c(C3OC(=O)NC3C(=O)OCc3ccccc3)cc2O1. The highest BCUT2D eigenvalue weighted by Gasteiger charge is 2.43. The van der Waals surface area contributed by atoms with Crippen molar-refractivity contribution < 1.29 is 28.5 Å². The van der Waals surface area contributed by atoms with Gasteiger partial charge in [0.15, 0.2) is 23.6 Å². The second kappa shape index (κ2) is 7.59. The van der Waals surface area contributed by atoms with Crippen molar-refractivity contribution in [3.63, 3.8) is 0 Å². The maximum atomic E-state index is 12.6. The molecule has 2 aliphatic heterocycles. The lowest BCUT2D eigenvalue weighted by atomic mass is 10.0. The number of alkyl carbamates (subject to hydrolysis) is 1. The zero-order valence-corrected chi connectivity index (χ0v) is 15.8. The summed E-state index contributed by atoms with van der Waals surface area (Å²) in [4.78, 5) is 24.4. The van der Waals surface area contributed by atoms with Gasteiger partial charge in [-0.1, -0.05) is 48.9 Å². The van der Waals surface area contributed by atoms with Crippen LogP contribution in [-0.2, 0) is 20.9 Å². The van der Waals surface area contributed by atoms with E-state index < -0.39 is 30.5 Å². The fourth-order valence-electron chi connectivity index (χ4n) is 3.09. The maximum absolute atomic E-state index is 12.6. The predicted octanol–water partition coefficient (Wildman–Crippen LogP) is 3.74. The van der Waals surface area contributed by atoms with Crippen LogP contribution in [0.15, 0.2) is 42.5 Å². The molecule has 2 aromatic rings. The lowest BCUT2D eigenvalue weighted by Crippen LogP contribution is -2.37. The van der Waals surface area contributed by atoms with Gasteiger partial charge in [0.2, 0.25) is 6.29 Å². The lowest BCUT2D eigenvalue weighted by molar-refractivity contribution is -0.148. The fraction of sp³-hybridized carbons (Fsp3) is 0.300. The summed E-state index contributed by atoms with van der Waals surface area (Å²) in [6.45, 7) is 2.02. The topological polar surface area (TPSA) is 83.1 Å². The van der Waals surface area contributed by atoms with Gasteiger partial charge in [0, 0.05) is 18.1 Å². The number of nitrogens with one attached hydrogen (secondary N) is 1. The summed E-state index contributed by atoms with van der Waals surface area (Å²) in [5.74, 6) is 0.395. The maximum Gasteiger partial charge on any atom is 0.408 e. The van der Waals surface area contributed by atoms with Gasteiger partial charge in [-0.15, -0.1) is 0 Å². The van der Waals surface area contributed by atoms with E-state index in [2.05, 4.69) is 5.32 Å². The van der Waals surface area contributed by atoms with Crippen molar-refractivity contribution >= 4 is 23.7 Å². The van der Waals surface area contributed by atoms with Crippen molar-refractivity contribution in [2.45, 2.75) is 38.4 Å². The Balaban J connectivity index is 1.53. The van der Waals surface area contributed by atoms with Crippen LogP contribution >= 0.6 is 11.6 Å². The largest absolute Gasteiger partial charge is 0.459 e. The molecule has 8 heteroatoms. The molecule has 28 heavy (non-hydrogen) atoms. The van der Waals surface area contributed by atoms with Crippen LogP contribution in [-0.4, -0.2) is 24.4 Å². The number of carbonyl (C=O) groups excluding carboxylic acids is 2. The molecule has 1 fully saturated rings. The minimum atomic E-state index is -1.02. The number of hydrogen-bond donors (Lipinski definition) is 1. The summed E-state index contributed by atoms with van der Waals surface area (Å²) in [5, 5.41) is 2.79. The summed E-state index contributed by atoms with van der Waals surface area (Å²) >= 11 is 6.36. The number of ether oxygens (including phenoxy) is 4. The Morgan fingerprint density at radius 1 is 1.14 bits per heavy atom. The van der Waals surface area contributed by atoms with Crippen molar-refractivity contribution in [1.82, 2.24) is 5.32 Å². The molecule has 0 radical (unpaired) electrons. The number of benzene rings is 2. The first kappa shape index (κ1) is 18.4. The normalized spacial score (nSPS) is 22.5. The Kier molecular flexibility index (Phi) is 5.00. The third-order valence-corrected chi connectivity index (χ3v) is 4.84. The van der Waals surface area contributed by atoms with Crippen LogP contribution < -0.4 is 14.8 Å². The zero-order valence-electron chi connectivity index (χ0n) is 15.0. The number of carbonyl (C=O) groups is 2. The first-order valence-corrected chi connectivity index (χ1v) is 9.27. The van der Waals surface area contributed by atoms with E-state index in [4.69, 9.17) is 30.5 Å². The van der Waals surface area contributed by atoms with Crippen molar-refractivity contribution in [3.05, 3.63) is 58.6 Å². The molecule has 3 unspecified atom stereocenters. The van der Waals surface area contributed by atoms with Gasteiger partial charge in [0.25, 0.3) is 0 Å². The summed E-state index contributed by atoms with van der Waals surface area (Å²) in [5.41, 5.74) is 1.28. The molecule has 7 nitrogen and oxygen atoms in total. The van der Waals surface area contributed by atoms with Crippen LogP contribution in [0.2, 0.25) is 5.02 Å². The molecule has 2 aliphatic rings. The molecule has 2 heterocycles. The molecule has 146 valence electrons. The quantitative estimate of drug-likeness (QED) is 0.766. The number of hydrogen-bond acceptors (Lipinski definition) is 6. The number of rotatable bonds is 5. The molecule has 3 atom stereocenters. The van der Waals surface area contributed by atoms with E-state index in [1.54, 1.807) is 12.1 Å². The molecule has 2 aromatic carbocycles. The Morgan fingerprint density at radius 2 is 1.86 bits per heavy atom. The molecule has 0 aromatic heterocycles. The van der Waals surface area contributed by atoms with Gasteiger partial charge in [-0.25, -0.2) is 9.59 Å². The Hall–Kier alpha value is -2.93. The van der Waals surface area contributed by atoms with E-state index in [1.807, 2.05) is 37.3 Å². The van der Waals surface area contributed by atoms with Crippen LogP contribution in [0.4, 0.5) is 4.79 Å². The van der Waals surface area contributed by atoms with Gasteiger partial charge >= 0.3 is 12.1 Å². The minimum absolute atomic E-state index is 0.0891. The van der Waals surface area contributed by atoms with Crippen molar-refractivity contribution in [2.24, 2.45) is 0 Å². The summed E-state index contributed by atoms with van der Waals surface area (Å²) in [6, 6.07) is 11.5. The molecule has 1 amide bonds. The van der Waals surface area contributed by atoms with Crippen LogP contribution in [0.1, 0.15) is 30.6 Å². The third-order valence-electron chi connectivity index (χ3n) is 4.51. The predicted molar refractivity (Wildman–Crippen MR) is 99.2 cm³/mol. The van der Waals surface area contributed by atoms with Gasteiger partial charge in [0.1, 0.15) is 6.61 Å². The van der Waals surface area contributed by atoms with E-state index in [1.165, 1.54) is 0 Å². The van der Waals surface area contributed by atoms with Crippen LogP contribution in [0.25, 0.3) is 0 Å². The van der Waals surface area contributed by atoms with Crippen molar-refractivity contribution in [2.75, 3.05) is 0 Å². The van der Waals surface area contributed by atoms with Gasteiger partial charge in [-0.3, -0.25) is 0 Å². The van der Waals surface area contributed by atoms with Gasteiger partial charge < -0.3 is 24.3 Å². The van der Waals surface area contributed by atoms with Crippen molar-refractivity contribution in [1.29, 1.82) is 0 Å². The standard InChI is InChI=1S/C20H18ClNO6/c1-2-16-26-14-8-12(13(21)9-15(14)27-16)18-17(22-20(24)28-18)19(23)25-10-11-6-4-3-5-7-11/h3-9,16-18H,2,10H2,1H3,(H,22,24). The Labute approximate surface area is 166 Å². The lowest BCUT2D eigenvalue weighted by Gasteiger charge is -2.18. The van der Waals surface area contributed by atoms with Crippen LogP contribution in [0, 0.1) is 0 Å². The van der Waals surface area contributed by atoms with Gasteiger partial charge in [0.05, 0.1) is 5.02 Å². The minimum Gasteiger partial charge on any atom is -0.459 e. The summed E-state index contributed by atoms with van der Waals surface area (Å²) in [7, 11) is 0. The molecular formula is C20H18ClNO6. The number of cyclic esters (lactones) is 1. The highest BCUT2D eigenvalue weighted by molar-refractivity contribution is 6.31. The highest BCUT2D eigenvalue weighted by Crippen LogP contribution is 2.43. The smallest absolute Gasteiger partial charge is 0.408 e. The number of fused-ring (bicyclic) bond motifs is 1. The van der Waals surface area contributed by atoms with E-state index in [0.717, 1.165) is 5.56 Å². The molecule has 0 aliphatic carbocycles. The van der Waals surface area contributed by atoms with Crippen LogP contribution in [0.3, 0.4) is 0 Å². The molecule has 1 N–H and O–H groups in total. The van der Waals surface area contributed by atoms with Gasteiger partial charge in [-0.2, -0.15) is 0 Å². The average molecular weight is 404 g/mol. The van der Waals surface area contributed by atoms with Crippen molar-refractivity contribution in [3.8, 4) is 11.5 Å². The summed E-state index contributed by atoms with van der Waals surface area (Å²) < 4.78 is 21.9. The second-order valence-corrected chi connectivity index (χ2v) is 6.84. The third kappa shape index (κ3) is 3.57. The highest BCUT2D eigenvalue weighted by atomic mass is 35.5. The monoisotopic (exact) mass is 403 g/mol. The van der Waals surface area contributed by atoms with Crippen LogP contribution in [0.5, 0.6) is 11.5 Å². The summed E-state index contributed by atoms with van der Waals surface area (Å²) in [6.07, 6.45) is -1.38. The van der Waals surface area contributed by atoms with Gasteiger partial charge in [-0.05, 0) is 11.6 Å². The first-order valence-electron chi connectivity index (χ1n) is 8.89. The molecule has 0 saturated carbocycles. The second-order valence-electron chi connectivity index (χ2n) is 6.44. The zero-order chi connectivity index (χ0) is 19.7. The Morgan fingerprint density at radius 3 is 2.57 bits per heavy atom. The molecule has 4 rings (SSSR count). The molecular weight excluding hydrogens is 386 g/mol. The first-order chi connectivity index (χ1) is 13.5. The van der Waals surface area contributed by atoms with E-state index >= 15 is 0 Å². The molecule has 0 bridgehead atoms.